The van der Waals surface area contributed by atoms with Crippen LogP contribution in [-0.2, 0) is 4.84 Å². The van der Waals surface area contributed by atoms with E-state index in [0.717, 1.165) is 0 Å². The molecular weight excluding hydrogens is 163 g/mol. The first kappa shape index (κ1) is 8.32. The number of aliphatic hydroxyl groups is 1. The number of rotatable bonds is 0. The van der Waals surface area contributed by atoms with Crippen molar-refractivity contribution >= 4 is 5.71 Å². The Labute approximate surface area is 60.4 Å². The van der Waals surface area contributed by atoms with E-state index in [-0.39, 0.29) is 5.71 Å². The lowest BCUT2D eigenvalue weighted by molar-refractivity contribution is -0.355. The highest BCUT2D eigenvalue weighted by Gasteiger charge is 2.59. The normalized spacial score (nSPS) is 31.5. The van der Waals surface area contributed by atoms with E-state index in [1.165, 1.54) is 6.92 Å². The van der Waals surface area contributed by atoms with E-state index in [1.807, 2.05) is 0 Å². The molecule has 1 heterocycles. The fourth-order valence-corrected chi connectivity index (χ4v) is 0.717. The van der Waals surface area contributed by atoms with Crippen LogP contribution in [0, 0.1) is 0 Å². The molecule has 0 fully saturated rings. The molecule has 0 saturated heterocycles. The van der Waals surface area contributed by atoms with Crippen molar-refractivity contribution in [3.05, 3.63) is 0 Å². The van der Waals surface area contributed by atoms with Crippen LogP contribution in [0.3, 0.4) is 0 Å². The van der Waals surface area contributed by atoms with Crippen LogP contribution >= 0.6 is 0 Å². The number of halogens is 3. The van der Waals surface area contributed by atoms with Crippen molar-refractivity contribution in [2.24, 2.45) is 5.16 Å². The second kappa shape index (κ2) is 2.10. The highest BCUT2D eigenvalue weighted by Crippen LogP contribution is 2.37. The van der Waals surface area contributed by atoms with Crippen LogP contribution in [0.5, 0.6) is 0 Å². The molecule has 1 aliphatic heterocycles. The van der Waals surface area contributed by atoms with Crippen LogP contribution in [0.2, 0.25) is 0 Å². The molecular formula is C5H6F3NO2. The molecule has 0 aliphatic carbocycles. The van der Waals surface area contributed by atoms with E-state index in [0.29, 0.717) is 0 Å². The van der Waals surface area contributed by atoms with Crippen molar-refractivity contribution in [2.45, 2.75) is 25.3 Å². The zero-order chi connectivity index (χ0) is 8.70. The maximum Gasteiger partial charge on any atom is 0.458 e. The van der Waals surface area contributed by atoms with Gasteiger partial charge in [0.25, 0.3) is 0 Å². The van der Waals surface area contributed by atoms with E-state index in [1.54, 1.807) is 0 Å². The third-order valence-corrected chi connectivity index (χ3v) is 1.29. The Balaban J connectivity index is 2.74. The van der Waals surface area contributed by atoms with Gasteiger partial charge in [-0.2, -0.15) is 13.2 Å². The molecule has 1 unspecified atom stereocenters. The van der Waals surface area contributed by atoms with E-state index < -0.39 is 18.4 Å². The summed E-state index contributed by atoms with van der Waals surface area (Å²) in [5, 5.41) is 11.7. The molecule has 0 saturated carbocycles. The molecule has 0 amide bonds. The van der Waals surface area contributed by atoms with Crippen LogP contribution in [0.4, 0.5) is 13.2 Å². The molecule has 6 heteroatoms. The molecule has 0 aromatic carbocycles. The molecule has 0 aromatic rings. The Hall–Kier alpha value is -0.780. The van der Waals surface area contributed by atoms with Crippen molar-refractivity contribution in [3.63, 3.8) is 0 Å². The van der Waals surface area contributed by atoms with Gasteiger partial charge in [0.05, 0.1) is 12.1 Å². The Morgan fingerprint density at radius 3 is 2.36 bits per heavy atom. The van der Waals surface area contributed by atoms with Gasteiger partial charge in [-0.3, -0.25) is 0 Å². The van der Waals surface area contributed by atoms with Crippen molar-refractivity contribution in [1.29, 1.82) is 0 Å². The number of oxime groups is 1. The quantitative estimate of drug-likeness (QED) is 0.588. The van der Waals surface area contributed by atoms with Crippen LogP contribution in [0.15, 0.2) is 5.16 Å². The second-order valence-corrected chi connectivity index (χ2v) is 2.38. The molecule has 1 aliphatic rings. The van der Waals surface area contributed by atoms with Gasteiger partial charge in [0, 0.05) is 0 Å². The summed E-state index contributed by atoms with van der Waals surface area (Å²) in [4.78, 5) is 3.84. The second-order valence-electron chi connectivity index (χ2n) is 2.38. The van der Waals surface area contributed by atoms with Crippen LogP contribution in [-0.4, -0.2) is 22.8 Å². The SMILES string of the molecule is CC1=NOC(O)(C(F)(F)F)C1. The molecule has 0 spiro atoms. The number of alkyl halides is 3. The van der Waals surface area contributed by atoms with Gasteiger partial charge in [-0.1, -0.05) is 5.16 Å². The third kappa shape index (κ3) is 1.30. The lowest BCUT2D eigenvalue weighted by Crippen LogP contribution is -2.45. The van der Waals surface area contributed by atoms with Gasteiger partial charge in [0.1, 0.15) is 0 Å². The fourth-order valence-electron chi connectivity index (χ4n) is 0.717. The average Bonchev–Trinajstić information content (AvgIpc) is 2.10. The van der Waals surface area contributed by atoms with Crippen LogP contribution in [0.1, 0.15) is 13.3 Å². The van der Waals surface area contributed by atoms with Crippen molar-refractivity contribution < 1.29 is 23.1 Å². The van der Waals surface area contributed by atoms with E-state index >= 15 is 0 Å². The maximum absolute atomic E-state index is 11.9. The highest BCUT2D eigenvalue weighted by molar-refractivity contribution is 5.83. The monoisotopic (exact) mass is 169 g/mol. The van der Waals surface area contributed by atoms with Crippen LogP contribution < -0.4 is 0 Å². The maximum atomic E-state index is 11.9. The van der Waals surface area contributed by atoms with Gasteiger partial charge in [-0.25, -0.2) is 0 Å². The van der Waals surface area contributed by atoms with Crippen molar-refractivity contribution in [3.8, 4) is 0 Å². The molecule has 0 aromatic heterocycles. The fraction of sp³-hybridized carbons (Fsp3) is 0.800. The largest absolute Gasteiger partial charge is 0.458 e. The molecule has 3 nitrogen and oxygen atoms in total. The van der Waals surface area contributed by atoms with Gasteiger partial charge in [0.2, 0.25) is 0 Å². The van der Waals surface area contributed by atoms with Crippen molar-refractivity contribution in [1.82, 2.24) is 0 Å². The van der Waals surface area contributed by atoms with Gasteiger partial charge in [-0.05, 0) is 6.92 Å². The topological polar surface area (TPSA) is 41.8 Å². The summed E-state index contributed by atoms with van der Waals surface area (Å²) in [6.07, 6.45) is -5.40. The van der Waals surface area contributed by atoms with Gasteiger partial charge in [-0.15, -0.1) is 0 Å². The summed E-state index contributed by atoms with van der Waals surface area (Å²) >= 11 is 0. The Morgan fingerprint density at radius 1 is 1.64 bits per heavy atom. The minimum atomic E-state index is -4.78. The molecule has 11 heavy (non-hydrogen) atoms. The predicted octanol–water partition coefficient (Wildman–Crippen LogP) is 1.03. The molecule has 1 atom stereocenters. The lowest BCUT2D eigenvalue weighted by atomic mass is 10.1. The zero-order valence-corrected chi connectivity index (χ0v) is 5.64. The molecule has 1 rings (SSSR count). The van der Waals surface area contributed by atoms with Crippen molar-refractivity contribution in [2.75, 3.05) is 0 Å². The summed E-state index contributed by atoms with van der Waals surface area (Å²) in [6.45, 7) is 1.35. The first-order valence-electron chi connectivity index (χ1n) is 2.86. The Kier molecular flexibility index (Phi) is 1.59. The Morgan fingerprint density at radius 2 is 2.18 bits per heavy atom. The lowest BCUT2D eigenvalue weighted by Gasteiger charge is -2.22. The predicted molar refractivity (Wildman–Crippen MR) is 29.8 cm³/mol. The minimum absolute atomic E-state index is 0.129. The third-order valence-electron chi connectivity index (χ3n) is 1.29. The first-order chi connectivity index (χ1) is 4.85. The minimum Gasteiger partial charge on any atom is -0.350 e. The van der Waals surface area contributed by atoms with E-state index in [9.17, 15) is 13.2 Å². The molecule has 1 N–H and O–H groups in total. The first-order valence-corrected chi connectivity index (χ1v) is 2.86. The average molecular weight is 169 g/mol. The van der Waals surface area contributed by atoms with E-state index in [4.69, 9.17) is 5.11 Å². The summed E-state index contributed by atoms with van der Waals surface area (Å²) in [6, 6.07) is 0. The summed E-state index contributed by atoms with van der Waals surface area (Å²) in [5.74, 6) is -3.10. The highest BCUT2D eigenvalue weighted by atomic mass is 19.4. The molecule has 0 radical (unpaired) electrons. The van der Waals surface area contributed by atoms with Gasteiger partial charge >= 0.3 is 12.0 Å². The van der Waals surface area contributed by atoms with E-state index in [2.05, 4.69) is 9.99 Å². The number of hydrogen-bond donors (Lipinski definition) is 1. The number of hydrogen-bond acceptors (Lipinski definition) is 3. The smallest absolute Gasteiger partial charge is 0.350 e. The zero-order valence-electron chi connectivity index (χ0n) is 5.64. The van der Waals surface area contributed by atoms with Crippen LogP contribution in [0.25, 0.3) is 0 Å². The molecule has 64 valence electrons. The van der Waals surface area contributed by atoms with Gasteiger partial charge < -0.3 is 9.94 Å². The van der Waals surface area contributed by atoms with Gasteiger partial charge in [0.15, 0.2) is 0 Å². The summed E-state index contributed by atoms with van der Waals surface area (Å²) < 4.78 is 35.6. The standard InChI is InChI=1S/C5H6F3NO2/c1-3-2-4(10,11-9-3)5(6,7)8/h10H,2H2,1H3. The summed E-state index contributed by atoms with van der Waals surface area (Å²) in [5.41, 5.74) is 0.129. The molecule has 0 bridgehead atoms. The Bertz CT molecular complexity index is 200. The summed E-state index contributed by atoms with van der Waals surface area (Å²) in [7, 11) is 0. The number of nitrogens with zero attached hydrogens (tertiary/aromatic N) is 1.